The van der Waals surface area contributed by atoms with Crippen LogP contribution in [0.1, 0.15) is 12.7 Å². The Morgan fingerprint density at radius 2 is 2.22 bits per heavy atom. The molecule has 0 radical (unpaired) electrons. The van der Waals surface area contributed by atoms with E-state index in [0.29, 0.717) is 24.3 Å². The molecule has 1 aromatic heterocycles. The van der Waals surface area contributed by atoms with Gasteiger partial charge in [0.25, 0.3) is 0 Å². The third-order valence-electron chi connectivity index (χ3n) is 3.18. The van der Waals surface area contributed by atoms with E-state index in [-0.39, 0.29) is 0 Å². The number of nitrogens with zero attached hydrogens (tertiary/aromatic N) is 4. The maximum absolute atomic E-state index is 5.83. The lowest BCUT2D eigenvalue weighted by Gasteiger charge is -2.39. The zero-order valence-electron chi connectivity index (χ0n) is 11.3. The van der Waals surface area contributed by atoms with Crippen LogP contribution in [0.3, 0.4) is 0 Å². The number of piperazine rings is 1. The van der Waals surface area contributed by atoms with E-state index in [1.807, 2.05) is 6.07 Å². The summed E-state index contributed by atoms with van der Waals surface area (Å²) in [5, 5.41) is 0. The van der Waals surface area contributed by atoms with Crippen molar-refractivity contribution in [3.8, 4) is 0 Å². The largest absolute Gasteiger partial charge is 0.384 e. The summed E-state index contributed by atoms with van der Waals surface area (Å²) in [7, 11) is 3.77. The van der Waals surface area contributed by atoms with Gasteiger partial charge in [0.15, 0.2) is 5.82 Å². The fourth-order valence-electron chi connectivity index (χ4n) is 2.32. The molecular formula is C12H21N5O. The second-order valence-electron chi connectivity index (χ2n) is 4.80. The van der Waals surface area contributed by atoms with Crippen LogP contribution in [0.4, 0.5) is 11.6 Å². The van der Waals surface area contributed by atoms with Gasteiger partial charge in [-0.2, -0.15) is 0 Å². The van der Waals surface area contributed by atoms with Crippen LogP contribution in [-0.2, 0) is 11.3 Å². The van der Waals surface area contributed by atoms with Gasteiger partial charge in [-0.1, -0.05) is 0 Å². The highest BCUT2D eigenvalue weighted by Gasteiger charge is 2.23. The molecule has 0 saturated carbocycles. The van der Waals surface area contributed by atoms with Gasteiger partial charge in [-0.05, 0) is 14.0 Å². The van der Waals surface area contributed by atoms with Crippen molar-refractivity contribution >= 4 is 11.6 Å². The van der Waals surface area contributed by atoms with Gasteiger partial charge < -0.3 is 20.3 Å². The summed E-state index contributed by atoms with van der Waals surface area (Å²) in [6.45, 7) is 5.61. The van der Waals surface area contributed by atoms with E-state index in [9.17, 15) is 0 Å². The second-order valence-corrected chi connectivity index (χ2v) is 4.80. The number of nitrogen functional groups attached to an aromatic ring is 1. The molecule has 6 nitrogen and oxygen atoms in total. The molecule has 2 heterocycles. The van der Waals surface area contributed by atoms with Crippen molar-refractivity contribution in [2.45, 2.75) is 19.6 Å². The SMILES string of the molecule is COCc1nc(N)cc(N2CCN(C)CC2C)n1. The highest BCUT2D eigenvalue weighted by Crippen LogP contribution is 2.19. The van der Waals surface area contributed by atoms with E-state index in [2.05, 4.69) is 33.7 Å². The van der Waals surface area contributed by atoms with Crippen LogP contribution in [0.5, 0.6) is 0 Å². The van der Waals surface area contributed by atoms with Gasteiger partial charge in [-0.25, -0.2) is 9.97 Å². The van der Waals surface area contributed by atoms with E-state index in [1.54, 1.807) is 7.11 Å². The Morgan fingerprint density at radius 1 is 1.44 bits per heavy atom. The Balaban J connectivity index is 2.21. The summed E-state index contributed by atoms with van der Waals surface area (Å²) in [6.07, 6.45) is 0. The third kappa shape index (κ3) is 2.88. The van der Waals surface area contributed by atoms with Crippen molar-refractivity contribution in [1.29, 1.82) is 0 Å². The molecule has 1 saturated heterocycles. The summed E-state index contributed by atoms with van der Waals surface area (Å²) in [4.78, 5) is 13.3. The molecule has 0 spiro atoms. The average molecular weight is 251 g/mol. The number of ether oxygens (including phenoxy) is 1. The number of likely N-dealkylation sites (N-methyl/N-ethyl adjacent to an activating group) is 1. The van der Waals surface area contributed by atoms with Gasteiger partial charge in [-0.15, -0.1) is 0 Å². The van der Waals surface area contributed by atoms with E-state index in [0.717, 1.165) is 25.5 Å². The van der Waals surface area contributed by atoms with E-state index in [4.69, 9.17) is 10.5 Å². The highest BCUT2D eigenvalue weighted by molar-refractivity contribution is 5.48. The molecule has 2 rings (SSSR count). The molecule has 1 fully saturated rings. The Hall–Kier alpha value is -1.40. The minimum atomic E-state index is 0.389. The van der Waals surface area contributed by atoms with Crippen LogP contribution in [0.25, 0.3) is 0 Å². The molecule has 100 valence electrons. The Morgan fingerprint density at radius 3 is 2.89 bits per heavy atom. The average Bonchev–Trinajstić information content (AvgIpc) is 2.28. The summed E-state index contributed by atoms with van der Waals surface area (Å²) < 4.78 is 5.06. The van der Waals surface area contributed by atoms with Gasteiger partial charge in [0.2, 0.25) is 0 Å². The second kappa shape index (κ2) is 5.49. The Labute approximate surface area is 108 Å². The summed E-state index contributed by atoms with van der Waals surface area (Å²) in [5.74, 6) is 2.03. The first-order valence-corrected chi connectivity index (χ1v) is 6.17. The minimum Gasteiger partial charge on any atom is -0.384 e. The molecule has 2 N–H and O–H groups in total. The van der Waals surface area contributed by atoms with Crippen molar-refractivity contribution < 1.29 is 4.74 Å². The van der Waals surface area contributed by atoms with Crippen LogP contribution in [0, 0.1) is 0 Å². The number of hydrogen-bond donors (Lipinski definition) is 1. The number of hydrogen-bond acceptors (Lipinski definition) is 6. The van der Waals surface area contributed by atoms with Crippen molar-refractivity contribution in [2.24, 2.45) is 0 Å². The minimum absolute atomic E-state index is 0.389. The quantitative estimate of drug-likeness (QED) is 0.836. The van der Waals surface area contributed by atoms with Crippen LogP contribution >= 0.6 is 0 Å². The zero-order valence-corrected chi connectivity index (χ0v) is 11.3. The predicted octanol–water partition coefficient (Wildman–Crippen LogP) is 0.346. The van der Waals surface area contributed by atoms with Gasteiger partial charge in [-0.3, -0.25) is 0 Å². The molecule has 6 heteroatoms. The van der Waals surface area contributed by atoms with Crippen molar-refractivity contribution in [1.82, 2.24) is 14.9 Å². The smallest absolute Gasteiger partial charge is 0.158 e. The van der Waals surface area contributed by atoms with Crippen LogP contribution in [0.2, 0.25) is 0 Å². The van der Waals surface area contributed by atoms with Gasteiger partial charge in [0.1, 0.15) is 18.2 Å². The fourth-order valence-corrected chi connectivity index (χ4v) is 2.32. The van der Waals surface area contributed by atoms with Gasteiger partial charge in [0, 0.05) is 38.9 Å². The number of aromatic nitrogens is 2. The first kappa shape index (κ1) is 13.0. The normalized spacial score (nSPS) is 21.3. The lowest BCUT2D eigenvalue weighted by Crippen LogP contribution is -2.50. The number of methoxy groups -OCH3 is 1. The molecule has 1 atom stereocenters. The summed E-state index contributed by atoms with van der Waals surface area (Å²) in [5.41, 5.74) is 5.83. The third-order valence-corrected chi connectivity index (χ3v) is 3.18. The lowest BCUT2D eigenvalue weighted by molar-refractivity contribution is 0.178. The van der Waals surface area contributed by atoms with Crippen molar-refractivity contribution in [3.05, 3.63) is 11.9 Å². The van der Waals surface area contributed by atoms with Gasteiger partial charge >= 0.3 is 0 Å². The maximum Gasteiger partial charge on any atom is 0.158 e. The first-order chi connectivity index (χ1) is 8.60. The van der Waals surface area contributed by atoms with E-state index in [1.165, 1.54) is 0 Å². The molecule has 1 aromatic rings. The fraction of sp³-hybridized carbons (Fsp3) is 0.667. The van der Waals surface area contributed by atoms with Crippen LogP contribution < -0.4 is 10.6 Å². The maximum atomic E-state index is 5.83. The van der Waals surface area contributed by atoms with E-state index >= 15 is 0 Å². The van der Waals surface area contributed by atoms with Crippen LogP contribution in [0.15, 0.2) is 6.07 Å². The lowest BCUT2D eigenvalue weighted by atomic mass is 10.2. The predicted molar refractivity (Wildman–Crippen MR) is 71.5 cm³/mol. The summed E-state index contributed by atoms with van der Waals surface area (Å²) in [6, 6.07) is 2.26. The molecule has 0 amide bonds. The molecular weight excluding hydrogens is 230 g/mol. The Bertz CT molecular complexity index is 411. The van der Waals surface area contributed by atoms with Crippen LogP contribution in [-0.4, -0.2) is 54.7 Å². The number of anilines is 2. The number of nitrogens with two attached hydrogens (primary N) is 1. The topological polar surface area (TPSA) is 67.5 Å². The van der Waals surface area contributed by atoms with E-state index < -0.39 is 0 Å². The standard InChI is InChI=1S/C12H21N5O/c1-9-7-16(2)4-5-17(9)12-6-10(13)14-11(15-12)8-18-3/h6,9H,4-5,7-8H2,1-3H3,(H2,13,14,15). The zero-order chi connectivity index (χ0) is 13.1. The molecule has 0 aromatic carbocycles. The molecule has 1 aliphatic heterocycles. The first-order valence-electron chi connectivity index (χ1n) is 6.17. The molecule has 0 aliphatic carbocycles. The number of rotatable bonds is 3. The summed E-state index contributed by atoms with van der Waals surface area (Å²) >= 11 is 0. The van der Waals surface area contributed by atoms with Gasteiger partial charge in [0.05, 0.1) is 0 Å². The van der Waals surface area contributed by atoms with Crippen molar-refractivity contribution in [2.75, 3.05) is 44.4 Å². The monoisotopic (exact) mass is 251 g/mol. The van der Waals surface area contributed by atoms with Crippen molar-refractivity contribution in [3.63, 3.8) is 0 Å². The molecule has 1 aliphatic rings. The molecule has 1 unspecified atom stereocenters. The molecule has 18 heavy (non-hydrogen) atoms. The Kier molecular flexibility index (Phi) is 3.98. The molecule has 0 bridgehead atoms. The highest BCUT2D eigenvalue weighted by atomic mass is 16.5.